The first-order chi connectivity index (χ1) is 20.2. The second-order valence-corrected chi connectivity index (χ2v) is 12.4. The van der Waals surface area contributed by atoms with Gasteiger partial charge in [0.1, 0.15) is 11.6 Å². The number of hydrogen-bond donors (Lipinski definition) is 2. The third kappa shape index (κ3) is 7.93. The Morgan fingerprint density at radius 3 is 2.35 bits per heavy atom. The summed E-state index contributed by atoms with van der Waals surface area (Å²) in [5.74, 6) is -4.69. The Balaban J connectivity index is 1.52. The zero-order valence-electron chi connectivity index (χ0n) is 23.3. The van der Waals surface area contributed by atoms with Gasteiger partial charge >= 0.3 is 5.97 Å². The molecule has 1 aliphatic heterocycles. The number of rotatable bonds is 9. The van der Waals surface area contributed by atoms with Gasteiger partial charge in [-0.2, -0.15) is 0 Å². The van der Waals surface area contributed by atoms with E-state index in [1.165, 1.54) is 47.7 Å². The van der Waals surface area contributed by atoms with Gasteiger partial charge in [0.2, 0.25) is 11.8 Å². The van der Waals surface area contributed by atoms with Crippen LogP contribution in [0.15, 0.2) is 58.8 Å². The number of carbonyl (C=O) groups is 5. The molecule has 1 aliphatic rings. The summed E-state index contributed by atoms with van der Waals surface area (Å²) in [6, 6.07) is 9.66. The maximum absolute atomic E-state index is 13.7. The number of amides is 4. The summed E-state index contributed by atoms with van der Waals surface area (Å²) < 4.78 is 32.3. The van der Waals surface area contributed by atoms with Crippen molar-refractivity contribution >= 4 is 63.8 Å². The van der Waals surface area contributed by atoms with Gasteiger partial charge in [-0.05, 0) is 104 Å². The molecule has 1 saturated heterocycles. The Hall–Kier alpha value is -4.36. The summed E-state index contributed by atoms with van der Waals surface area (Å²) in [6.07, 6.45) is 0.998. The molecule has 0 bridgehead atoms. The van der Waals surface area contributed by atoms with Gasteiger partial charge in [-0.3, -0.25) is 24.1 Å². The Bertz CT molecular complexity index is 1630. The standard InChI is InChI=1S/C30H27F2N3O6S2/c1-30(2,3)41-28(39)16-4-7-19(8-5-16)34-26(37)23(10-11-25(33)36)35-27(38)24(43-29(35)40)14-20-12-18(15-42-20)17-6-9-21(31)22(32)13-17/h4-9,12-15,23H,10-11H2,1-3H3,(H2,33,36)(H,34,37)/b24-14-/t23-/m0/s1. The third-order valence-electron chi connectivity index (χ3n) is 6.04. The summed E-state index contributed by atoms with van der Waals surface area (Å²) >= 11 is 1.85. The van der Waals surface area contributed by atoms with Crippen LogP contribution in [0.25, 0.3) is 17.2 Å². The summed E-state index contributed by atoms with van der Waals surface area (Å²) in [7, 11) is 0. The highest BCUT2D eigenvalue weighted by atomic mass is 32.2. The Labute approximate surface area is 254 Å². The van der Waals surface area contributed by atoms with E-state index in [2.05, 4.69) is 5.32 Å². The van der Waals surface area contributed by atoms with Gasteiger partial charge in [-0.25, -0.2) is 13.6 Å². The topological polar surface area (TPSA) is 136 Å². The van der Waals surface area contributed by atoms with Crippen molar-refractivity contribution in [1.82, 2.24) is 4.90 Å². The fourth-order valence-electron chi connectivity index (χ4n) is 4.04. The van der Waals surface area contributed by atoms with E-state index in [-0.39, 0.29) is 29.0 Å². The molecule has 1 fully saturated rings. The molecule has 0 saturated carbocycles. The highest BCUT2D eigenvalue weighted by Crippen LogP contribution is 2.37. The van der Waals surface area contributed by atoms with E-state index in [9.17, 15) is 32.8 Å². The molecule has 43 heavy (non-hydrogen) atoms. The first kappa shape index (κ1) is 31.6. The minimum absolute atomic E-state index is 0.0438. The third-order valence-corrected chi connectivity index (χ3v) is 7.80. The average molecular weight is 628 g/mol. The molecule has 4 rings (SSSR count). The molecule has 3 aromatic rings. The number of thiophene rings is 1. The molecule has 0 unspecified atom stereocenters. The van der Waals surface area contributed by atoms with Crippen LogP contribution >= 0.6 is 23.1 Å². The molecule has 1 atom stereocenters. The van der Waals surface area contributed by atoms with Crippen LogP contribution in [0.3, 0.4) is 0 Å². The summed E-state index contributed by atoms with van der Waals surface area (Å²) in [6.45, 7) is 5.21. The maximum atomic E-state index is 13.7. The van der Waals surface area contributed by atoms with E-state index in [1.807, 2.05) is 0 Å². The molecule has 9 nitrogen and oxygen atoms in total. The number of ether oxygens (including phenoxy) is 1. The zero-order valence-corrected chi connectivity index (χ0v) is 24.9. The fourth-order valence-corrected chi connectivity index (χ4v) is 5.83. The SMILES string of the molecule is CC(C)(C)OC(=O)c1ccc(NC(=O)[C@H](CCC(N)=O)N2C(=O)S/C(=C\c3cc(-c4ccc(F)c(F)c4)cs3)C2=O)cc1. The van der Waals surface area contributed by atoms with Crippen LogP contribution < -0.4 is 11.1 Å². The van der Waals surface area contributed by atoms with E-state index in [0.717, 1.165) is 17.0 Å². The number of nitrogens with two attached hydrogens (primary N) is 1. The number of anilines is 1. The number of carbonyl (C=O) groups excluding carboxylic acids is 5. The van der Waals surface area contributed by atoms with Crippen LogP contribution in [0, 0.1) is 11.6 Å². The molecular formula is C30H27F2N3O6S2. The van der Waals surface area contributed by atoms with Gasteiger partial charge in [0.05, 0.1) is 10.5 Å². The molecule has 1 aromatic heterocycles. The summed E-state index contributed by atoms with van der Waals surface area (Å²) in [4.78, 5) is 64.8. The number of nitrogens with zero attached hydrogens (tertiary/aromatic N) is 1. The minimum Gasteiger partial charge on any atom is -0.456 e. The lowest BCUT2D eigenvalue weighted by atomic mass is 10.1. The first-order valence-corrected chi connectivity index (χ1v) is 14.6. The van der Waals surface area contributed by atoms with E-state index in [0.29, 0.717) is 27.8 Å². The maximum Gasteiger partial charge on any atom is 0.338 e. The molecule has 2 heterocycles. The second kappa shape index (κ2) is 12.9. The monoisotopic (exact) mass is 627 g/mol. The van der Waals surface area contributed by atoms with Crippen LogP contribution in [0.5, 0.6) is 0 Å². The first-order valence-electron chi connectivity index (χ1n) is 13.0. The predicted octanol–water partition coefficient (Wildman–Crippen LogP) is 5.96. The molecule has 4 amide bonds. The van der Waals surface area contributed by atoms with Crippen LogP contribution in [0.2, 0.25) is 0 Å². The lowest BCUT2D eigenvalue weighted by molar-refractivity contribution is -0.131. The van der Waals surface area contributed by atoms with Crippen LogP contribution in [0.4, 0.5) is 19.3 Å². The molecule has 0 radical (unpaired) electrons. The molecule has 0 aliphatic carbocycles. The second-order valence-electron chi connectivity index (χ2n) is 10.5. The Kier molecular flexibility index (Phi) is 9.46. The van der Waals surface area contributed by atoms with Crippen LogP contribution in [0.1, 0.15) is 48.8 Å². The predicted molar refractivity (Wildman–Crippen MR) is 160 cm³/mol. The van der Waals surface area contributed by atoms with Gasteiger partial charge in [-0.1, -0.05) is 6.07 Å². The number of thioether (sulfide) groups is 1. The molecule has 2 aromatic carbocycles. The average Bonchev–Trinajstić information content (AvgIpc) is 3.49. The number of hydrogen-bond acceptors (Lipinski definition) is 8. The lowest BCUT2D eigenvalue weighted by Gasteiger charge is -2.24. The summed E-state index contributed by atoms with van der Waals surface area (Å²) in [5, 5.41) is 3.60. The van der Waals surface area contributed by atoms with Crippen molar-refractivity contribution in [3.05, 3.63) is 80.9 Å². The van der Waals surface area contributed by atoms with Crippen molar-refractivity contribution in [1.29, 1.82) is 0 Å². The van der Waals surface area contributed by atoms with Crippen molar-refractivity contribution in [2.75, 3.05) is 5.32 Å². The lowest BCUT2D eigenvalue weighted by Crippen LogP contribution is -2.47. The smallest absolute Gasteiger partial charge is 0.338 e. The van der Waals surface area contributed by atoms with E-state index >= 15 is 0 Å². The quantitative estimate of drug-likeness (QED) is 0.221. The Morgan fingerprint density at radius 1 is 1.02 bits per heavy atom. The minimum atomic E-state index is -1.35. The van der Waals surface area contributed by atoms with Crippen LogP contribution in [-0.2, 0) is 19.1 Å². The number of imide groups is 1. The number of primary amides is 1. The Morgan fingerprint density at radius 2 is 1.72 bits per heavy atom. The van der Waals surface area contributed by atoms with Gasteiger partial charge in [-0.15, -0.1) is 11.3 Å². The molecule has 224 valence electrons. The van der Waals surface area contributed by atoms with Gasteiger partial charge in [0.15, 0.2) is 11.6 Å². The highest BCUT2D eigenvalue weighted by molar-refractivity contribution is 8.18. The van der Waals surface area contributed by atoms with Gasteiger partial charge in [0.25, 0.3) is 11.1 Å². The number of nitrogens with one attached hydrogen (secondary N) is 1. The number of esters is 1. The zero-order chi connectivity index (χ0) is 31.5. The highest BCUT2D eigenvalue weighted by Gasteiger charge is 2.43. The molecular weight excluding hydrogens is 600 g/mol. The van der Waals surface area contributed by atoms with E-state index in [4.69, 9.17) is 10.5 Å². The molecule has 13 heteroatoms. The van der Waals surface area contributed by atoms with E-state index in [1.54, 1.807) is 32.2 Å². The van der Waals surface area contributed by atoms with Crippen molar-refractivity contribution in [3.63, 3.8) is 0 Å². The van der Waals surface area contributed by atoms with Crippen molar-refractivity contribution in [2.24, 2.45) is 5.73 Å². The van der Waals surface area contributed by atoms with Crippen molar-refractivity contribution in [3.8, 4) is 11.1 Å². The normalized spacial score (nSPS) is 15.1. The largest absolute Gasteiger partial charge is 0.456 e. The summed E-state index contributed by atoms with van der Waals surface area (Å²) in [5.41, 5.74) is 6.16. The van der Waals surface area contributed by atoms with Crippen LogP contribution in [-0.4, -0.2) is 45.5 Å². The van der Waals surface area contributed by atoms with Crippen molar-refractivity contribution < 1.29 is 37.5 Å². The number of halogens is 2. The molecule has 3 N–H and O–H groups in total. The van der Waals surface area contributed by atoms with Gasteiger partial charge < -0.3 is 15.8 Å². The van der Waals surface area contributed by atoms with Crippen molar-refractivity contribution in [2.45, 2.75) is 45.3 Å². The van der Waals surface area contributed by atoms with Gasteiger partial charge in [0, 0.05) is 17.0 Å². The fraction of sp³-hybridized carbons (Fsp3) is 0.233. The molecule has 0 spiro atoms. The van der Waals surface area contributed by atoms with E-state index < -0.39 is 52.2 Å². The number of benzene rings is 2.